The lowest BCUT2D eigenvalue weighted by Crippen LogP contribution is -2.71. The van der Waals surface area contributed by atoms with Gasteiger partial charge in [-0.25, -0.2) is 9.37 Å². The molecule has 7 fully saturated rings. The standard InChI is InChI=1S/C33H33FN4O2S/c34-33-16-32(17-33,18-33)29(39)38(24-3-1-2-22(14-24)23-6-7-25-26(15-23)41-20-35-25)19-30-8-11-31(12-9-30,13-10-30)28-36-27(37-40-28)21-4-5-21/h1-3,6-7,14-15,20-21H,4-5,8-13,16-19H2. The molecule has 0 N–H and O–H groups in total. The summed E-state index contributed by atoms with van der Waals surface area (Å²) in [5, 5.41) is 4.32. The highest BCUT2D eigenvalue weighted by atomic mass is 32.1. The number of fused-ring (bicyclic) bond motifs is 4. The quantitative estimate of drug-likeness (QED) is 0.228. The number of alkyl halides is 1. The summed E-state index contributed by atoms with van der Waals surface area (Å²) < 4.78 is 21.6. The van der Waals surface area contributed by atoms with Crippen molar-refractivity contribution >= 4 is 33.1 Å². The maximum Gasteiger partial charge on any atom is 0.233 e. The minimum atomic E-state index is -1.11. The minimum Gasteiger partial charge on any atom is -0.339 e. The van der Waals surface area contributed by atoms with Crippen LogP contribution in [0.5, 0.6) is 0 Å². The molecule has 0 aliphatic heterocycles. The molecule has 41 heavy (non-hydrogen) atoms. The number of carbonyl (C=O) groups is 1. The molecule has 2 aromatic carbocycles. The van der Waals surface area contributed by atoms with Gasteiger partial charge in [-0.05, 0) is 111 Å². The molecular formula is C33H33FN4O2S. The van der Waals surface area contributed by atoms with Crippen LogP contribution < -0.4 is 4.90 Å². The molecule has 11 rings (SSSR count). The number of anilines is 1. The van der Waals surface area contributed by atoms with Gasteiger partial charge in [0.1, 0.15) is 5.67 Å². The first-order chi connectivity index (χ1) is 19.9. The number of carbonyl (C=O) groups excluding carboxylic acids is 1. The number of aromatic nitrogens is 3. The molecule has 0 radical (unpaired) electrons. The monoisotopic (exact) mass is 568 g/mol. The van der Waals surface area contributed by atoms with Crippen LogP contribution in [0.25, 0.3) is 21.3 Å². The summed E-state index contributed by atoms with van der Waals surface area (Å²) in [6, 6.07) is 14.7. The zero-order valence-corrected chi connectivity index (χ0v) is 23.9. The Balaban J connectivity index is 1.02. The Kier molecular flexibility index (Phi) is 4.92. The van der Waals surface area contributed by atoms with Crippen molar-refractivity contribution in [2.45, 2.75) is 87.6 Å². The van der Waals surface area contributed by atoms with Crippen LogP contribution in [0.15, 0.2) is 52.5 Å². The van der Waals surface area contributed by atoms with E-state index in [-0.39, 0.29) is 16.7 Å². The molecular weight excluding hydrogens is 535 g/mol. The highest BCUT2D eigenvalue weighted by Crippen LogP contribution is 2.70. The predicted molar refractivity (Wildman–Crippen MR) is 156 cm³/mol. The summed E-state index contributed by atoms with van der Waals surface area (Å²) in [7, 11) is 0. The lowest BCUT2D eigenvalue weighted by atomic mass is 9.41. The Morgan fingerprint density at radius 1 is 1.00 bits per heavy atom. The van der Waals surface area contributed by atoms with Gasteiger partial charge in [0.2, 0.25) is 11.8 Å². The predicted octanol–water partition coefficient (Wildman–Crippen LogP) is 7.74. The number of benzene rings is 2. The SMILES string of the molecule is O=C(N(CC12CCC(c3nc(C4CC4)no3)(CC1)CC2)c1cccc(-c2ccc3ncsc3c2)c1)C12CC(F)(C1)C2. The summed E-state index contributed by atoms with van der Waals surface area (Å²) in [6.45, 7) is 0.692. The molecule has 7 aliphatic rings. The van der Waals surface area contributed by atoms with Crippen LogP contribution in [0.3, 0.4) is 0 Å². The van der Waals surface area contributed by atoms with E-state index in [4.69, 9.17) is 9.51 Å². The van der Waals surface area contributed by atoms with Gasteiger partial charge < -0.3 is 9.42 Å². The van der Waals surface area contributed by atoms with Gasteiger partial charge in [0.25, 0.3) is 0 Å². The van der Waals surface area contributed by atoms with Crippen molar-refractivity contribution in [1.29, 1.82) is 0 Å². The minimum absolute atomic E-state index is 0.0135. The van der Waals surface area contributed by atoms with Gasteiger partial charge in [0.05, 0.1) is 21.1 Å². The van der Waals surface area contributed by atoms with Gasteiger partial charge in [0, 0.05) is 23.6 Å². The Morgan fingerprint density at radius 3 is 2.49 bits per heavy atom. The van der Waals surface area contributed by atoms with E-state index in [0.717, 1.165) is 77.3 Å². The number of hydrogen-bond donors (Lipinski definition) is 0. The summed E-state index contributed by atoms with van der Waals surface area (Å²) >= 11 is 1.64. The number of nitrogens with zero attached hydrogens (tertiary/aromatic N) is 4. The smallest absolute Gasteiger partial charge is 0.233 e. The van der Waals surface area contributed by atoms with Crippen molar-refractivity contribution in [3.05, 3.63) is 59.7 Å². The first kappa shape index (κ1) is 24.5. The number of halogens is 1. The van der Waals surface area contributed by atoms with E-state index in [2.05, 4.69) is 52.6 Å². The third-order valence-electron chi connectivity index (χ3n) is 11.2. The van der Waals surface area contributed by atoms with E-state index >= 15 is 0 Å². The molecule has 0 saturated heterocycles. The van der Waals surface area contributed by atoms with Crippen LogP contribution in [-0.2, 0) is 10.2 Å². The number of thiazole rings is 1. The van der Waals surface area contributed by atoms with Gasteiger partial charge in [-0.15, -0.1) is 11.3 Å². The number of rotatable bonds is 7. The normalized spacial score (nSPS) is 33.4. The number of amides is 1. The van der Waals surface area contributed by atoms with Gasteiger partial charge in [-0.3, -0.25) is 4.79 Å². The lowest BCUT2D eigenvalue weighted by Gasteiger charge is -2.65. The Labute approximate surface area is 242 Å². The molecule has 2 heterocycles. The third-order valence-corrected chi connectivity index (χ3v) is 12.0. The van der Waals surface area contributed by atoms with E-state index in [1.54, 1.807) is 11.3 Å². The van der Waals surface area contributed by atoms with E-state index in [0.29, 0.717) is 31.7 Å². The van der Waals surface area contributed by atoms with Gasteiger partial charge >= 0.3 is 0 Å². The van der Waals surface area contributed by atoms with E-state index in [1.165, 1.54) is 12.8 Å². The topological polar surface area (TPSA) is 72.1 Å². The summed E-state index contributed by atoms with van der Waals surface area (Å²) in [5.74, 6) is 2.35. The highest BCUT2D eigenvalue weighted by molar-refractivity contribution is 7.16. The van der Waals surface area contributed by atoms with Crippen LogP contribution in [0.2, 0.25) is 0 Å². The van der Waals surface area contributed by atoms with Gasteiger partial charge in [-0.2, -0.15) is 4.98 Å². The fourth-order valence-electron chi connectivity index (χ4n) is 8.46. The van der Waals surface area contributed by atoms with Crippen molar-refractivity contribution in [3.63, 3.8) is 0 Å². The third kappa shape index (κ3) is 3.71. The average molecular weight is 569 g/mol. The Hall–Kier alpha value is -3.13. The second kappa shape index (κ2) is 8.24. The van der Waals surface area contributed by atoms with Crippen molar-refractivity contribution in [2.75, 3.05) is 11.4 Å². The second-order valence-corrected chi connectivity index (χ2v) is 14.8. The zero-order chi connectivity index (χ0) is 27.5. The molecule has 210 valence electrons. The van der Waals surface area contributed by atoms with Crippen LogP contribution in [-0.4, -0.2) is 33.2 Å². The Bertz CT molecular complexity index is 1660. The molecule has 4 bridgehead atoms. The van der Waals surface area contributed by atoms with Crippen molar-refractivity contribution < 1.29 is 13.7 Å². The van der Waals surface area contributed by atoms with Gasteiger partial charge in [-0.1, -0.05) is 23.4 Å². The summed E-state index contributed by atoms with van der Waals surface area (Å²) in [4.78, 5) is 25.6. The first-order valence-electron chi connectivity index (χ1n) is 15.1. The average Bonchev–Trinajstić information content (AvgIpc) is 3.49. The fraction of sp³-hybridized carbons (Fsp3) is 0.515. The van der Waals surface area contributed by atoms with Crippen molar-refractivity contribution in [1.82, 2.24) is 15.1 Å². The molecule has 2 aromatic heterocycles. The van der Waals surface area contributed by atoms with E-state index < -0.39 is 11.1 Å². The Morgan fingerprint density at radius 2 is 1.76 bits per heavy atom. The van der Waals surface area contributed by atoms with Crippen LogP contribution >= 0.6 is 11.3 Å². The highest BCUT2D eigenvalue weighted by Gasteiger charge is 2.73. The van der Waals surface area contributed by atoms with E-state index in [1.807, 2.05) is 10.4 Å². The molecule has 0 atom stereocenters. The summed E-state index contributed by atoms with van der Waals surface area (Å²) in [5.41, 5.74) is 4.44. The fourth-order valence-corrected chi connectivity index (χ4v) is 9.18. The molecule has 8 heteroatoms. The summed E-state index contributed by atoms with van der Waals surface area (Å²) in [6.07, 6.45) is 9.68. The lowest BCUT2D eigenvalue weighted by molar-refractivity contribution is -0.211. The molecule has 6 nitrogen and oxygen atoms in total. The zero-order valence-electron chi connectivity index (χ0n) is 23.1. The molecule has 0 unspecified atom stereocenters. The molecule has 0 spiro atoms. The molecule has 4 aromatic rings. The number of hydrogen-bond acceptors (Lipinski definition) is 6. The molecule has 1 amide bonds. The molecule has 7 aliphatic carbocycles. The second-order valence-electron chi connectivity index (χ2n) is 14.0. The van der Waals surface area contributed by atoms with Crippen LogP contribution in [0.1, 0.15) is 88.3 Å². The van der Waals surface area contributed by atoms with Crippen molar-refractivity contribution in [3.8, 4) is 11.1 Å². The van der Waals surface area contributed by atoms with Crippen molar-refractivity contribution in [2.24, 2.45) is 10.8 Å². The maximum absolute atomic E-state index is 14.6. The first-order valence-corrected chi connectivity index (χ1v) is 16.0. The van der Waals surface area contributed by atoms with Crippen LogP contribution in [0, 0.1) is 10.8 Å². The molecule has 7 saturated carbocycles. The van der Waals surface area contributed by atoms with Gasteiger partial charge in [0.15, 0.2) is 5.82 Å². The maximum atomic E-state index is 14.6. The van der Waals surface area contributed by atoms with Crippen LogP contribution in [0.4, 0.5) is 10.1 Å². The largest absolute Gasteiger partial charge is 0.339 e. The van der Waals surface area contributed by atoms with E-state index in [9.17, 15) is 9.18 Å².